The minimum Gasteiger partial charge on any atom is -0.466 e. The number of nitrogens with one attached hydrogen (secondary N) is 1. The Morgan fingerprint density at radius 3 is 2.53 bits per heavy atom. The Hall–Kier alpha value is -1.84. The van der Waals surface area contributed by atoms with E-state index in [1.807, 2.05) is 0 Å². The van der Waals surface area contributed by atoms with Crippen LogP contribution >= 0.6 is 0 Å². The quantitative estimate of drug-likeness (QED) is 0.613. The van der Waals surface area contributed by atoms with E-state index in [9.17, 15) is 9.18 Å². The third-order valence-electron chi connectivity index (χ3n) is 1.72. The molecule has 3 nitrogen and oxygen atoms in total. The first-order chi connectivity index (χ1) is 7.11. The highest BCUT2D eigenvalue weighted by Gasteiger charge is 1.97. The first-order valence-corrected chi connectivity index (χ1v) is 4.40. The smallest absolute Gasteiger partial charge is 0.332 e. The molecule has 0 aliphatic carbocycles. The lowest BCUT2D eigenvalue weighted by Gasteiger charge is -2.05. The molecule has 0 radical (unpaired) electrons. The number of carbonyl (C=O) groups is 1. The van der Waals surface area contributed by atoms with Crippen LogP contribution in [0.3, 0.4) is 0 Å². The molecule has 15 heavy (non-hydrogen) atoms. The molecule has 1 N–H and O–H groups in total. The molecule has 1 aromatic carbocycles. The molecule has 1 aromatic rings. The molecule has 0 aromatic heterocycles. The highest BCUT2D eigenvalue weighted by molar-refractivity contribution is 5.83. The van der Waals surface area contributed by atoms with E-state index in [0.717, 1.165) is 0 Å². The Labute approximate surface area is 87.6 Å². The van der Waals surface area contributed by atoms with Crippen molar-refractivity contribution in [3.05, 3.63) is 41.9 Å². The summed E-state index contributed by atoms with van der Waals surface area (Å²) < 4.78 is 17.0. The molecule has 1 rings (SSSR count). The molecule has 4 heteroatoms. The lowest BCUT2D eigenvalue weighted by atomic mass is 10.3. The Morgan fingerprint density at radius 2 is 2.00 bits per heavy atom. The van der Waals surface area contributed by atoms with Gasteiger partial charge in [0.15, 0.2) is 0 Å². The normalized spacial score (nSPS) is 11.0. The second-order valence-electron chi connectivity index (χ2n) is 2.98. The summed E-state index contributed by atoms with van der Waals surface area (Å²) in [4.78, 5) is 10.9. The van der Waals surface area contributed by atoms with Gasteiger partial charge in [-0.25, -0.2) is 9.18 Å². The summed E-state index contributed by atoms with van der Waals surface area (Å²) in [6, 6.07) is 5.86. The van der Waals surface area contributed by atoms with E-state index >= 15 is 0 Å². The van der Waals surface area contributed by atoms with Gasteiger partial charge < -0.3 is 10.1 Å². The molecule has 0 bridgehead atoms. The number of anilines is 1. The maximum Gasteiger partial charge on any atom is 0.332 e. The summed E-state index contributed by atoms with van der Waals surface area (Å²) in [5.74, 6) is -0.725. The maximum absolute atomic E-state index is 12.6. The molecule has 0 aliphatic rings. The van der Waals surface area contributed by atoms with E-state index in [0.29, 0.717) is 11.4 Å². The van der Waals surface area contributed by atoms with Gasteiger partial charge >= 0.3 is 5.97 Å². The molecule has 0 unspecified atom stereocenters. The fraction of sp³-hybridized carbons (Fsp3) is 0.182. The SMILES string of the molecule is COC(=O)/C=C(/C)Nc1ccc(F)cc1. The second-order valence-corrected chi connectivity index (χ2v) is 2.98. The topological polar surface area (TPSA) is 38.3 Å². The lowest BCUT2D eigenvalue weighted by molar-refractivity contribution is -0.134. The van der Waals surface area contributed by atoms with Crippen LogP contribution in [0.4, 0.5) is 10.1 Å². The van der Waals surface area contributed by atoms with Crippen molar-refractivity contribution in [2.75, 3.05) is 12.4 Å². The van der Waals surface area contributed by atoms with Crippen molar-refractivity contribution in [2.24, 2.45) is 0 Å². The van der Waals surface area contributed by atoms with Crippen molar-refractivity contribution < 1.29 is 13.9 Å². The minimum atomic E-state index is -0.429. The molecule has 0 saturated heterocycles. The van der Waals surface area contributed by atoms with E-state index in [1.54, 1.807) is 19.1 Å². The first kappa shape index (κ1) is 11.2. The van der Waals surface area contributed by atoms with Gasteiger partial charge in [-0.05, 0) is 31.2 Å². The number of methoxy groups -OCH3 is 1. The van der Waals surface area contributed by atoms with Crippen molar-refractivity contribution in [1.82, 2.24) is 0 Å². The van der Waals surface area contributed by atoms with Gasteiger partial charge in [0.2, 0.25) is 0 Å². The van der Waals surface area contributed by atoms with Gasteiger partial charge in [0, 0.05) is 17.5 Å². The Morgan fingerprint density at radius 1 is 1.40 bits per heavy atom. The monoisotopic (exact) mass is 209 g/mol. The van der Waals surface area contributed by atoms with E-state index in [2.05, 4.69) is 10.1 Å². The third kappa shape index (κ3) is 3.81. The number of esters is 1. The number of halogens is 1. The zero-order valence-corrected chi connectivity index (χ0v) is 8.58. The fourth-order valence-electron chi connectivity index (χ4n) is 1.03. The molecule has 80 valence electrons. The molecule has 0 atom stereocenters. The lowest BCUT2D eigenvalue weighted by Crippen LogP contribution is -2.01. The zero-order valence-electron chi connectivity index (χ0n) is 8.58. The number of allylic oxidation sites excluding steroid dienone is 1. The van der Waals surface area contributed by atoms with Gasteiger partial charge in [-0.1, -0.05) is 0 Å². The van der Waals surface area contributed by atoms with Crippen LogP contribution in [0.2, 0.25) is 0 Å². The third-order valence-corrected chi connectivity index (χ3v) is 1.72. The van der Waals surface area contributed by atoms with E-state index in [-0.39, 0.29) is 5.82 Å². The Kier molecular flexibility index (Phi) is 3.85. The van der Waals surface area contributed by atoms with Crippen LogP contribution in [-0.4, -0.2) is 13.1 Å². The number of hydrogen-bond donors (Lipinski definition) is 1. The zero-order chi connectivity index (χ0) is 11.3. The summed E-state index contributed by atoms with van der Waals surface area (Å²) >= 11 is 0. The van der Waals surface area contributed by atoms with Crippen molar-refractivity contribution in [1.29, 1.82) is 0 Å². The van der Waals surface area contributed by atoms with Gasteiger partial charge in [0.25, 0.3) is 0 Å². The Balaban J connectivity index is 2.66. The molecule has 0 amide bonds. The number of hydrogen-bond acceptors (Lipinski definition) is 3. The van der Waals surface area contributed by atoms with E-state index in [1.165, 1.54) is 25.3 Å². The molecule has 0 aliphatic heterocycles. The van der Waals surface area contributed by atoms with Crippen LogP contribution in [0, 0.1) is 5.82 Å². The minimum absolute atomic E-state index is 0.296. The van der Waals surface area contributed by atoms with E-state index in [4.69, 9.17) is 0 Å². The summed E-state index contributed by atoms with van der Waals surface area (Å²) in [6.07, 6.45) is 1.32. The van der Waals surface area contributed by atoms with Crippen LogP contribution in [0.5, 0.6) is 0 Å². The van der Waals surface area contributed by atoms with Gasteiger partial charge in [-0.15, -0.1) is 0 Å². The van der Waals surface area contributed by atoms with Crippen molar-refractivity contribution in [2.45, 2.75) is 6.92 Å². The molecule has 0 saturated carbocycles. The van der Waals surface area contributed by atoms with Gasteiger partial charge in [0.05, 0.1) is 7.11 Å². The molecule has 0 spiro atoms. The number of carbonyl (C=O) groups excluding carboxylic acids is 1. The molecule has 0 heterocycles. The van der Waals surface area contributed by atoms with E-state index < -0.39 is 5.97 Å². The first-order valence-electron chi connectivity index (χ1n) is 4.40. The highest BCUT2D eigenvalue weighted by Crippen LogP contribution is 2.10. The highest BCUT2D eigenvalue weighted by atomic mass is 19.1. The summed E-state index contributed by atoms with van der Waals surface area (Å²) in [6.45, 7) is 1.72. The molecular weight excluding hydrogens is 197 g/mol. The van der Waals surface area contributed by atoms with Crippen LogP contribution < -0.4 is 5.32 Å². The predicted octanol–water partition coefficient (Wildman–Crippen LogP) is 2.31. The second kappa shape index (κ2) is 5.14. The average Bonchev–Trinajstić information content (AvgIpc) is 2.21. The van der Waals surface area contributed by atoms with Crippen LogP contribution in [0.1, 0.15) is 6.92 Å². The van der Waals surface area contributed by atoms with Gasteiger partial charge in [-0.3, -0.25) is 0 Å². The summed E-state index contributed by atoms with van der Waals surface area (Å²) in [7, 11) is 1.31. The average molecular weight is 209 g/mol. The summed E-state index contributed by atoms with van der Waals surface area (Å²) in [5.41, 5.74) is 1.35. The molecular formula is C11H12FNO2. The maximum atomic E-state index is 12.6. The van der Waals surface area contributed by atoms with Crippen molar-refractivity contribution in [3.8, 4) is 0 Å². The van der Waals surface area contributed by atoms with Gasteiger partial charge in [0.1, 0.15) is 5.82 Å². The largest absolute Gasteiger partial charge is 0.466 e. The van der Waals surface area contributed by atoms with Gasteiger partial charge in [-0.2, -0.15) is 0 Å². The van der Waals surface area contributed by atoms with Crippen LogP contribution in [-0.2, 0) is 9.53 Å². The standard InChI is InChI=1S/C11H12FNO2/c1-8(7-11(14)15-2)13-10-5-3-9(12)4-6-10/h3-7,13H,1-2H3/b8-7-. The predicted molar refractivity (Wildman–Crippen MR) is 55.8 cm³/mol. The van der Waals surface area contributed by atoms with Crippen LogP contribution in [0.15, 0.2) is 36.0 Å². The molecule has 0 fully saturated rings. The summed E-state index contributed by atoms with van der Waals surface area (Å²) in [5, 5.41) is 2.93. The number of rotatable bonds is 3. The van der Waals surface area contributed by atoms with Crippen molar-refractivity contribution in [3.63, 3.8) is 0 Å². The number of ether oxygens (including phenoxy) is 1. The van der Waals surface area contributed by atoms with Crippen molar-refractivity contribution >= 4 is 11.7 Å². The fourth-order valence-corrected chi connectivity index (χ4v) is 1.03. The van der Waals surface area contributed by atoms with Crippen LogP contribution in [0.25, 0.3) is 0 Å². The Bertz CT molecular complexity index is 371. The number of benzene rings is 1.